The van der Waals surface area contributed by atoms with Gasteiger partial charge in [0.2, 0.25) is 0 Å². The number of hydrogen-bond donors (Lipinski definition) is 4. The molecular formula is C23H31FN4O. The molecule has 0 heterocycles. The first-order valence-corrected chi connectivity index (χ1v) is 9.80. The summed E-state index contributed by atoms with van der Waals surface area (Å²) in [6.45, 7) is 11.5. The highest BCUT2D eigenvalue weighted by molar-refractivity contribution is 5.87. The third-order valence-corrected chi connectivity index (χ3v) is 5.77. The van der Waals surface area contributed by atoms with E-state index in [2.05, 4.69) is 43.6 Å². The Balaban J connectivity index is 2.25. The molecule has 0 unspecified atom stereocenters. The van der Waals surface area contributed by atoms with Crippen LogP contribution in [0.1, 0.15) is 45.7 Å². The van der Waals surface area contributed by atoms with Gasteiger partial charge in [0.05, 0.1) is 0 Å². The highest BCUT2D eigenvalue weighted by Crippen LogP contribution is 2.42. The minimum absolute atomic E-state index is 0.171. The van der Waals surface area contributed by atoms with Crippen LogP contribution < -0.4 is 16.0 Å². The van der Waals surface area contributed by atoms with E-state index in [9.17, 15) is 9.18 Å². The van der Waals surface area contributed by atoms with Crippen LogP contribution in [0.3, 0.4) is 0 Å². The second kappa shape index (κ2) is 9.07. The van der Waals surface area contributed by atoms with E-state index in [1.165, 1.54) is 18.3 Å². The van der Waals surface area contributed by atoms with Gasteiger partial charge in [-0.05, 0) is 59.7 Å². The van der Waals surface area contributed by atoms with Crippen LogP contribution in [0, 0.1) is 16.6 Å². The summed E-state index contributed by atoms with van der Waals surface area (Å²) in [4.78, 5) is 11.8. The van der Waals surface area contributed by atoms with Crippen LogP contribution in [0.4, 0.5) is 20.6 Å². The zero-order chi connectivity index (χ0) is 21.7. The number of amides is 2. The minimum Gasteiger partial charge on any atom is -0.355 e. The second-order valence-electron chi connectivity index (χ2n) is 8.30. The second-order valence-corrected chi connectivity index (χ2v) is 8.30. The number of benzene rings is 2. The van der Waals surface area contributed by atoms with E-state index in [-0.39, 0.29) is 22.7 Å². The molecule has 4 N–H and O–H groups in total. The van der Waals surface area contributed by atoms with Crippen LogP contribution >= 0.6 is 0 Å². The lowest BCUT2D eigenvalue weighted by Gasteiger charge is -2.42. The van der Waals surface area contributed by atoms with Crippen LogP contribution in [0.25, 0.3) is 0 Å². The Bertz CT molecular complexity index is 860. The summed E-state index contributed by atoms with van der Waals surface area (Å²) in [5, 5.41) is 16.8. The normalized spacial score (nSPS) is 11.7. The zero-order valence-electron chi connectivity index (χ0n) is 17.8. The Morgan fingerprint density at radius 2 is 1.72 bits per heavy atom. The SMILES string of the molecule is CCNC(=O)NCC(C)(C)C(C)(C)c1ccc(Nc2ccc(F)cc2)c(C=N)c1. The quantitative estimate of drug-likeness (QED) is 0.462. The summed E-state index contributed by atoms with van der Waals surface area (Å²) in [6, 6.07) is 11.9. The van der Waals surface area contributed by atoms with Gasteiger partial charge in [0.25, 0.3) is 0 Å². The van der Waals surface area contributed by atoms with Crippen molar-refractivity contribution < 1.29 is 9.18 Å². The summed E-state index contributed by atoms with van der Waals surface area (Å²) < 4.78 is 13.1. The third-order valence-electron chi connectivity index (χ3n) is 5.77. The van der Waals surface area contributed by atoms with E-state index < -0.39 is 0 Å². The molecule has 2 aromatic carbocycles. The highest BCUT2D eigenvalue weighted by Gasteiger charge is 2.38. The highest BCUT2D eigenvalue weighted by atomic mass is 19.1. The molecule has 0 aromatic heterocycles. The average molecular weight is 399 g/mol. The first-order chi connectivity index (χ1) is 13.6. The van der Waals surface area contributed by atoms with Gasteiger partial charge in [0.15, 0.2) is 0 Å². The summed E-state index contributed by atoms with van der Waals surface area (Å²) in [7, 11) is 0. The van der Waals surface area contributed by atoms with Gasteiger partial charge in [-0.3, -0.25) is 0 Å². The lowest BCUT2D eigenvalue weighted by atomic mass is 9.64. The van der Waals surface area contributed by atoms with Crippen molar-refractivity contribution in [2.45, 2.75) is 40.0 Å². The molecule has 0 spiro atoms. The molecule has 0 aliphatic rings. The molecule has 0 saturated heterocycles. The number of halogens is 1. The molecule has 0 aliphatic heterocycles. The smallest absolute Gasteiger partial charge is 0.314 e. The number of urea groups is 1. The van der Waals surface area contributed by atoms with E-state index in [0.717, 1.165) is 22.5 Å². The van der Waals surface area contributed by atoms with Crippen LogP contribution in [0.15, 0.2) is 42.5 Å². The number of anilines is 2. The van der Waals surface area contributed by atoms with Crippen molar-refractivity contribution in [1.82, 2.24) is 10.6 Å². The van der Waals surface area contributed by atoms with Crippen LogP contribution in [0.2, 0.25) is 0 Å². The molecule has 0 saturated carbocycles. The van der Waals surface area contributed by atoms with Crippen molar-refractivity contribution in [3.8, 4) is 0 Å². The minimum atomic E-state index is -0.289. The summed E-state index contributed by atoms with van der Waals surface area (Å²) >= 11 is 0. The van der Waals surface area contributed by atoms with Crippen molar-refractivity contribution in [2.75, 3.05) is 18.4 Å². The van der Waals surface area contributed by atoms with Crippen LogP contribution in [-0.2, 0) is 5.41 Å². The molecule has 6 heteroatoms. The summed E-state index contributed by atoms with van der Waals surface area (Å²) in [6.07, 6.45) is 1.31. The molecule has 2 rings (SSSR count). The first kappa shape index (κ1) is 22.4. The Morgan fingerprint density at radius 3 is 2.31 bits per heavy atom. The molecule has 0 fully saturated rings. The van der Waals surface area contributed by atoms with Gasteiger partial charge >= 0.3 is 6.03 Å². The van der Waals surface area contributed by atoms with Crippen molar-refractivity contribution in [3.63, 3.8) is 0 Å². The first-order valence-electron chi connectivity index (χ1n) is 9.80. The van der Waals surface area contributed by atoms with Gasteiger partial charge in [-0.15, -0.1) is 0 Å². The fourth-order valence-electron chi connectivity index (χ4n) is 3.01. The van der Waals surface area contributed by atoms with Gasteiger partial charge in [-0.1, -0.05) is 33.8 Å². The zero-order valence-corrected chi connectivity index (χ0v) is 17.8. The molecule has 2 aromatic rings. The third kappa shape index (κ3) is 5.34. The molecule has 0 radical (unpaired) electrons. The topological polar surface area (TPSA) is 77.0 Å². The fourth-order valence-corrected chi connectivity index (χ4v) is 3.01. The number of rotatable bonds is 8. The van der Waals surface area contributed by atoms with E-state index >= 15 is 0 Å². The maximum Gasteiger partial charge on any atom is 0.314 e. The van der Waals surface area contributed by atoms with Gasteiger partial charge in [0.1, 0.15) is 5.82 Å². The lowest BCUT2D eigenvalue weighted by Crippen LogP contribution is -2.47. The molecule has 0 bridgehead atoms. The van der Waals surface area contributed by atoms with E-state index in [1.807, 2.05) is 25.1 Å². The van der Waals surface area contributed by atoms with E-state index in [0.29, 0.717) is 13.1 Å². The predicted molar refractivity (Wildman–Crippen MR) is 118 cm³/mol. The van der Waals surface area contributed by atoms with E-state index in [4.69, 9.17) is 5.41 Å². The lowest BCUT2D eigenvalue weighted by molar-refractivity contribution is 0.186. The molecule has 29 heavy (non-hydrogen) atoms. The van der Waals surface area contributed by atoms with Crippen LogP contribution in [0.5, 0.6) is 0 Å². The summed E-state index contributed by atoms with van der Waals surface area (Å²) in [5.41, 5.74) is 2.86. The Morgan fingerprint density at radius 1 is 1.07 bits per heavy atom. The Kier molecular flexibility index (Phi) is 7.01. The van der Waals surface area contributed by atoms with Crippen molar-refractivity contribution in [1.29, 1.82) is 5.41 Å². The molecular weight excluding hydrogens is 367 g/mol. The molecule has 5 nitrogen and oxygen atoms in total. The summed E-state index contributed by atoms with van der Waals surface area (Å²) in [5.74, 6) is -0.289. The monoisotopic (exact) mass is 398 g/mol. The van der Waals surface area contributed by atoms with Crippen molar-refractivity contribution in [3.05, 3.63) is 59.4 Å². The van der Waals surface area contributed by atoms with Crippen molar-refractivity contribution >= 4 is 23.6 Å². The average Bonchev–Trinajstić information content (AvgIpc) is 2.68. The van der Waals surface area contributed by atoms with E-state index in [1.54, 1.807) is 12.1 Å². The molecule has 156 valence electrons. The van der Waals surface area contributed by atoms with Crippen molar-refractivity contribution in [2.24, 2.45) is 5.41 Å². The van der Waals surface area contributed by atoms with Gasteiger partial charge in [-0.2, -0.15) is 0 Å². The Labute approximate surface area is 172 Å². The standard InChI is InChI=1S/C23H31FN4O/c1-6-26-21(29)27-15-22(2,3)23(4,5)17-7-12-20(16(13-17)14-25)28-19-10-8-18(24)9-11-19/h7-14,25,28H,6,15H2,1-5H3,(H2,26,27,29). The number of hydrogen-bond acceptors (Lipinski definition) is 3. The number of carbonyl (C=O) groups excluding carboxylic acids is 1. The fraction of sp³-hybridized carbons (Fsp3) is 0.391. The van der Waals surface area contributed by atoms with Crippen LogP contribution in [-0.4, -0.2) is 25.3 Å². The van der Waals surface area contributed by atoms with Gasteiger partial charge < -0.3 is 21.4 Å². The molecule has 2 amide bonds. The Hall–Kier alpha value is -2.89. The largest absolute Gasteiger partial charge is 0.355 e. The van der Waals surface area contributed by atoms with Gasteiger partial charge in [-0.25, -0.2) is 9.18 Å². The maximum absolute atomic E-state index is 13.1. The predicted octanol–water partition coefficient (Wildman–Crippen LogP) is 5.19. The maximum atomic E-state index is 13.1. The van der Waals surface area contributed by atoms with Gasteiger partial charge in [0, 0.05) is 36.2 Å². The molecule has 0 atom stereocenters. The number of carbonyl (C=O) groups is 1. The molecule has 0 aliphatic carbocycles. The number of nitrogens with one attached hydrogen (secondary N) is 4.